The smallest absolute Gasteiger partial charge is 0.355 e. The van der Waals surface area contributed by atoms with Crippen molar-refractivity contribution >= 4 is 22.6 Å². The van der Waals surface area contributed by atoms with Gasteiger partial charge in [0, 0.05) is 23.0 Å². The molecule has 1 saturated heterocycles. The number of carbonyl (C=O) groups excluding carboxylic acids is 1. The van der Waals surface area contributed by atoms with Gasteiger partial charge in [-0.3, -0.25) is 4.90 Å². The number of nitrogens with zero attached hydrogens (tertiary/aromatic N) is 2. The third kappa shape index (κ3) is 2.42. The van der Waals surface area contributed by atoms with Crippen LogP contribution in [0.15, 0.2) is 30.3 Å². The topological polar surface area (TPSA) is 54.7 Å². The SMILES string of the molecule is CC[C@@]12C=C(C(=O)OCC(C)O)n3c4c(c5ccccc53)CCN(CCC1)[C@@H]42. The highest BCUT2D eigenvalue weighted by Gasteiger charge is 2.51. The molecular formula is C23H28N2O3. The van der Waals surface area contributed by atoms with Gasteiger partial charge in [0.05, 0.1) is 17.7 Å². The lowest BCUT2D eigenvalue weighted by atomic mass is 9.66. The Bertz CT molecular complexity index is 974. The van der Waals surface area contributed by atoms with Crippen LogP contribution in [0.25, 0.3) is 16.6 Å². The summed E-state index contributed by atoms with van der Waals surface area (Å²) in [5, 5.41) is 10.8. The van der Waals surface area contributed by atoms with Crippen LogP contribution in [-0.2, 0) is 16.0 Å². The highest BCUT2D eigenvalue weighted by Crippen LogP contribution is 2.57. The van der Waals surface area contributed by atoms with E-state index in [4.69, 9.17) is 4.74 Å². The second-order valence-electron chi connectivity index (χ2n) is 8.57. The number of fused-ring (bicyclic) bond motifs is 3. The molecule has 4 heterocycles. The van der Waals surface area contributed by atoms with Crippen molar-refractivity contribution in [1.82, 2.24) is 9.47 Å². The Morgan fingerprint density at radius 1 is 1.36 bits per heavy atom. The first-order chi connectivity index (χ1) is 13.6. The van der Waals surface area contributed by atoms with E-state index in [0.29, 0.717) is 11.7 Å². The molecule has 0 amide bonds. The fourth-order valence-electron chi connectivity index (χ4n) is 5.70. The highest BCUT2D eigenvalue weighted by atomic mass is 16.5. The maximum absolute atomic E-state index is 13.1. The van der Waals surface area contributed by atoms with Gasteiger partial charge in [-0.05, 0) is 56.9 Å². The average Bonchev–Trinajstić information content (AvgIpc) is 3.05. The highest BCUT2D eigenvalue weighted by molar-refractivity contribution is 6.13. The maximum Gasteiger partial charge on any atom is 0.355 e. The summed E-state index contributed by atoms with van der Waals surface area (Å²) in [6, 6.07) is 8.74. The van der Waals surface area contributed by atoms with Gasteiger partial charge in [0.15, 0.2) is 0 Å². The van der Waals surface area contributed by atoms with Crippen LogP contribution in [0.1, 0.15) is 50.4 Å². The Morgan fingerprint density at radius 2 is 2.18 bits per heavy atom. The molecule has 1 aromatic heterocycles. The van der Waals surface area contributed by atoms with Gasteiger partial charge in [-0.2, -0.15) is 0 Å². The summed E-state index contributed by atoms with van der Waals surface area (Å²) < 4.78 is 7.64. The number of aliphatic hydroxyl groups is 1. The molecule has 1 N–H and O–H groups in total. The molecular weight excluding hydrogens is 352 g/mol. The zero-order valence-electron chi connectivity index (χ0n) is 16.6. The van der Waals surface area contributed by atoms with Crippen LogP contribution in [0.4, 0.5) is 0 Å². The molecule has 1 fully saturated rings. The van der Waals surface area contributed by atoms with Crippen molar-refractivity contribution in [1.29, 1.82) is 0 Å². The van der Waals surface area contributed by atoms with Crippen LogP contribution in [0.3, 0.4) is 0 Å². The maximum atomic E-state index is 13.1. The van der Waals surface area contributed by atoms with Crippen LogP contribution in [-0.4, -0.2) is 46.3 Å². The number of rotatable bonds is 4. The molecule has 3 aliphatic heterocycles. The van der Waals surface area contributed by atoms with E-state index in [1.807, 2.05) is 6.07 Å². The standard InChI is InChI=1S/C23H28N2O3/c1-3-23-10-6-11-24-12-9-17-16-7-4-5-8-18(16)25(20(17)21(23)24)19(13-23)22(27)28-14-15(2)26/h4-5,7-8,13,15,21,26H,3,6,9-12,14H2,1-2H3/t15?,21-,23-/m0/s1. The van der Waals surface area contributed by atoms with E-state index < -0.39 is 6.10 Å². The van der Waals surface area contributed by atoms with Gasteiger partial charge >= 0.3 is 5.97 Å². The summed E-state index contributed by atoms with van der Waals surface area (Å²) in [5.74, 6) is -0.335. The Balaban J connectivity index is 1.75. The number of aromatic nitrogens is 1. The molecule has 0 bridgehead atoms. The molecule has 3 atom stereocenters. The monoisotopic (exact) mass is 380 g/mol. The number of piperidine rings is 1. The molecule has 2 aromatic rings. The number of esters is 1. The third-order valence-corrected chi connectivity index (χ3v) is 6.91. The summed E-state index contributed by atoms with van der Waals surface area (Å²) >= 11 is 0. The molecule has 28 heavy (non-hydrogen) atoms. The zero-order valence-corrected chi connectivity index (χ0v) is 16.6. The molecule has 1 unspecified atom stereocenters. The second-order valence-corrected chi connectivity index (χ2v) is 8.57. The number of hydrogen-bond acceptors (Lipinski definition) is 4. The minimum atomic E-state index is -0.665. The normalized spacial score (nSPS) is 27.2. The lowest BCUT2D eigenvalue weighted by Crippen LogP contribution is -2.51. The second kappa shape index (κ2) is 6.46. The molecule has 3 aliphatic rings. The summed E-state index contributed by atoms with van der Waals surface area (Å²) in [7, 11) is 0. The third-order valence-electron chi connectivity index (χ3n) is 6.91. The number of carbonyl (C=O) groups is 1. The molecule has 5 heteroatoms. The first kappa shape index (κ1) is 18.0. The molecule has 5 nitrogen and oxygen atoms in total. The van der Waals surface area contributed by atoms with E-state index in [9.17, 15) is 9.90 Å². The van der Waals surface area contributed by atoms with E-state index in [1.165, 1.54) is 16.6 Å². The van der Waals surface area contributed by atoms with Gasteiger partial charge in [0.25, 0.3) is 0 Å². The molecule has 0 spiro atoms. The van der Waals surface area contributed by atoms with Crippen molar-refractivity contribution in [2.24, 2.45) is 5.41 Å². The Kier molecular flexibility index (Phi) is 4.14. The van der Waals surface area contributed by atoms with Crippen molar-refractivity contribution in [2.75, 3.05) is 19.7 Å². The van der Waals surface area contributed by atoms with Crippen LogP contribution >= 0.6 is 0 Å². The van der Waals surface area contributed by atoms with Gasteiger partial charge in [-0.25, -0.2) is 4.79 Å². The van der Waals surface area contributed by atoms with Crippen molar-refractivity contribution in [3.05, 3.63) is 41.6 Å². The number of benzene rings is 1. The summed E-state index contributed by atoms with van der Waals surface area (Å²) in [5.41, 5.74) is 4.37. The molecule has 0 aliphatic carbocycles. The van der Waals surface area contributed by atoms with Crippen LogP contribution in [0.5, 0.6) is 0 Å². The van der Waals surface area contributed by atoms with Gasteiger partial charge in [0.2, 0.25) is 0 Å². The van der Waals surface area contributed by atoms with Crippen molar-refractivity contribution in [3.63, 3.8) is 0 Å². The van der Waals surface area contributed by atoms with Gasteiger partial charge < -0.3 is 14.4 Å². The number of ether oxygens (including phenoxy) is 1. The van der Waals surface area contributed by atoms with E-state index in [0.717, 1.165) is 44.3 Å². The fourth-order valence-corrected chi connectivity index (χ4v) is 5.70. The van der Waals surface area contributed by atoms with Crippen LogP contribution in [0, 0.1) is 5.41 Å². The van der Waals surface area contributed by atoms with Crippen molar-refractivity contribution in [3.8, 4) is 0 Å². The summed E-state index contributed by atoms with van der Waals surface area (Å²) in [6.07, 6.45) is 5.81. The lowest BCUT2D eigenvalue weighted by molar-refractivity contribution is -0.139. The predicted octanol–water partition coefficient (Wildman–Crippen LogP) is 3.51. The van der Waals surface area contributed by atoms with E-state index >= 15 is 0 Å². The number of hydrogen-bond donors (Lipinski definition) is 1. The molecule has 1 aromatic carbocycles. The first-order valence-corrected chi connectivity index (χ1v) is 10.5. The van der Waals surface area contributed by atoms with Crippen LogP contribution < -0.4 is 0 Å². The predicted molar refractivity (Wildman–Crippen MR) is 109 cm³/mol. The van der Waals surface area contributed by atoms with Gasteiger partial charge in [-0.15, -0.1) is 0 Å². The Morgan fingerprint density at radius 3 is 2.96 bits per heavy atom. The summed E-state index contributed by atoms with van der Waals surface area (Å²) in [6.45, 7) is 6.11. The molecule has 0 saturated carbocycles. The minimum absolute atomic E-state index is 0.0201. The lowest BCUT2D eigenvalue weighted by Gasteiger charge is -2.53. The first-order valence-electron chi connectivity index (χ1n) is 10.5. The molecule has 148 valence electrons. The van der Waals surface area contributed by atoms with E-state index in [-0.39, 0.29) is 18.0 Å². The number of para-hydroxylation sites is 1. The molecule has 5 rings (SSSR count). The molecule has 0 radical (unpaired) electrons. The minimum Gasteiger partial charge on any atom is -0.458 e. The fraction of sp³-hybridized carbons (Fsp3) is 0.522. The van der Waals surface area contributed by atoms with E-state index in [1.54, 1.807) is 6.92 Å². The van der Waals surface area contributed by atoms with E-state index in [2.05, 4.69) is 40.7 Å². The van der Waals surface area contributed by atoms with Crippen LogP contribution in [0.2, 0.25) is 0 Å². The Labute approximate surface area is 165 Å². The Hall–Kier alpha value is -2.11. The van der Waals surface area contributed by atoms with Gasteiger partial charge in [0.1, 0.15) is 12.3 Å². The average molecular weight is 380 g/mol. The van der Waals surface area contributed by atoms with Crippen molar-refractivity contribution in [2.45, 2.75) is 51.7 Å². The van der Waals surface area contributed by atoms with Crippen molar-refractivity contribution < 1.29 is 14.6 Å². The number of aliphatic hydroxyl groups excluding tert-OH is 1. The largest absolute Gasteiger partial charge is 0.458 e. The summed E-state index contributed by atoms with van der Waals surface area (Å²) in [4.78, 5) is 15.7. The zero-order chi connectivity index (χ0) is 19.5. The quantitative estimate of drug-likeness (QED) is 0.825. The van der Waals surface area contributed by atoms with Gasteiger partial charge in [-0.1, -0.05) is 25.1 Å².